The van der Waals surface area contributed by atoms with Crippen molar-refractivity contribution in [3.63, 3.8) is 0 Å². The number of carbonyl (C=O) groups is 2. The Morgan fingerprint density at radius 3 is 2.65 bits per heavy atom. The Labute approximate surface area is 136 Å². The van der Waals surface area contributed by atoms with Crippen molar-refractivity contribution in [2.24, 2.45) is 5.92 Å². The van der Waals surface area contributed by atoms with Crippen LogP contribution in [0.3, 0.4) is 0 Å². The molecule has 23 heavy (non-hydrogen) atoms. The lowest BCUT2D eigenvalue weighted by Crippen LogP contribution is -2.44. The van der Waals surface area contributed by atoms with Crippen LogP contribution < -0.4 is 10.6 Å². The van der Waals surface area contributed by atoms with E-state index in [1.165, 1.54) is 0 Å². The quantitative estimate of drug-likeness (QED) is 0.668. The molecular formula is C16H26N4O3. The number of imidazole rings is 1. The van der Waals surface area contributed by atoms with Crippen LogP contribution in [0.4, 0.5) is 4.79 Å². The average molecular weight is 322 g/mol. The van der Waals surface area contributed by atoms with Gasteiger partial charge >= 0.3 is 12.0 Å². The van der Waals surface area contributed by atoms with E-state index >= 15 is 0 Å². The fourth-order valence-electron chi connectivity index (χ4n) is 2.97. The summed E-state index contributed by atoms with van der Waals surface area (Å²) < 4.78 is 2.10. The van der Waals surface area contributed by atoms with Crippen molar-refractivity contribution in [3.8, 4) is 0 Å². The summed E-state index contributed by atoms with van der Waals surface area (Å²) in [6, 6.07) is -0.0539. The second-order valence-electron chi connectivity index (χ2n) is 6.16. The van der Waals surface area contributed by atoms with E-state index < -0.39 is 5.97 Å². The summed E-state index contributed by atoms with van der Waals surface area (Å²) in [6.07, 6.45) is 8.42. The minimum atomic E-state index is -0.721. The van der Waals surface area contributed by atoms with E-state index in [9.17, 15) is 9.59 Å². The number of carboxylic acid groups (broad SMARTS) is 1. The van der Waals surface area contributed by atoms with Crippen LogP contribution in [0.5, 0.6) is 0 Å². The molecule has 1 aliphatic carbocycles. The lowest BCUT2D eigenvalue weighted by atomic mass is 9.86. The number of hydrogen-bond donors (Lipinski definition) is 3. The first-order chi connectivity index (χ1) is 11.1. The molecule has 1 heterocycles. The number of rotatable bonds is 7. The standard InChI is InChI=1S/C16H26N4O3/c1-12-17-9-11-20(12)10-3-2-8-18-16(23)19-14-6-4-13(5-7-14)15(21)22/h9,11,13-14H,2-8,10H2,1H3,(H,21,22)(H2,18,19,23). The molecule has 0 aromatic carbocycles. The molecule has 0 atom stereocenters. The molecule has 0 radical (unpaired) electrons. The van der Waals surface area contributed by atoms with Crippen molar-refractivity contribution < 1.29 is 14.7 Å². The van der Waals surface area contributed by atoms with Gasteiger partial charge in [-0.3, -0.25) is 4.79 Å². The van der Waals surface area contributed by atoms with Crippen molar-refractivity contribution in [1.82, 2.24) is 20.2 Å². The van der Waals surface area contributed by atoms with E-state index in [0.717, 1.165) is 38.1 Å². The van der Waals surface area contributed by atoms with Crippen molar-refractivity contribution >= 4 is 12.0 Å². The predicted octanol–water partition coefficient (Wildman–Crippen LogP) is 1.91. The molecular weight excluding hydrogens is 296 g/mol. The second kappa shape index (κ2) is 8.55. The van der Waals surface area contributed by atoms with Gasteiger partial charge in [-0.1, -0.05) is 0 Å². The number of aliphatic carboxylic acids is 1. The zero-order valence-electron chi connectivity index (χ0n) is 13.6. The number of nitrogens with one attached hydrogen (secondary N) is 2. The molecule has 2 amide bonds. The van der Waals surface area contributed by atoms with Gasteiger partial charge in [0.2, 0.25) is 0 Å². The number of carbonyl (C=O) groups excluding carboxylic acids is 1. The maximum atomic E-state index is 11.8. The van der Waals surface area contributed by atoms with E-state index in [2.05, 4.69) is 20.2 Å². The fraction of sp³-hybridized carbons (Fsp3) is 0.688. The molecule has 2 rings (SSSR count). The minimum Gasteiger partial charge on any atom is -0.481 e. The summed E-state index contributed by atoms with van der Waals surface area (Å²) in [6.45, 7) is 3.53. The number of aryl methyl sites for hydroxylation is 2. The van der Waals surface area contributed by atoms with Gasteiger partial charge in [-0.15, -0.1) is 0 Å². The summed E-state index contributed by atoms with van der Waals surface area (Å²) in [5.41, 5.74) is 0. The van der Waals surface area contributed by atoms with Gasteiger partial charge in [0.15, 0.2) is 0 Å². The highest BCUT2D eigenvalue weighted by Crippen LogP contribution is 2.24. The molecule has 1 fully saturated rings. The largest absolute Gasteiger partial charge is 0.481 e. The van der Waals surface area contributed by atoms with Crippen LogP contribution in [0.25, 0.3) is 0 Å². The van der Waals surface area contributed by atoms with Crippen molar-refractivity contribution in [1.29, 1.82) is 0 Å². The first-order valence-electron chi connectivity index (χ1n) is 8.31. The van der Waals surface area contributed by atoms with E-state index in [4.69, 9.17) is 5.11 Å². The molecule has 0 unspecified atom stereocenters. The van der Waals surface area contributed by atoms with Crippen molar-refractivity contribution in [3.05, 3.63) is 18.2 Å². The molecule has 1 aromatic heterocycles. The molecule has 0 bridgehead atoms. The second-order valence-corrected chi connectivity index (χ2v) is 6.16. The van der Waals surface area contributed by atoms with E-state index in [1.54, 1.807) is 6.20 Å². The molecule has 0 aliphatic heterocycles. The van der Waals surface area contributed by atoms with Gasteiger partial charge in [0.25, 0.3) is 0 Å². The number of amides is 2. The SMILES string of the molecule is Cc1nccn1CCCCNC(=O)NC1CCC(C(=O)O)CC1. The summed E-state index contributed by atoms with van der Waals surface area (Å²) in [7, 11) is 0. The summed E-state index contributed by atoms with van der Waals surface area (Å²) >= 11 is 0. The number of carboxylic acids is 1. The summed E-state index contributed by atoms with van der Waals surface area (Å²) in [4.78, 5) is 26.9. The topological polar surface area (TPSA) is 96.3 Å². The Morgan fingerprint density at radius 1 is 1.30 bits per heavy atom. The predicted molar refractivity (Wildman–Crippen MR) is 86.1 cm³/mol. The van der Waals surface area contributed by atoms with Gasteiger partial charge in [0, 0.05) is 31.5 Å². The van der Waals surface area contributed by atoms with Gasteiger partial charge in [-0.05, 0) is 45.4 Å². The van der Waals surface area contributed by atoms with Crippen LogP contribution in [-0.2, 0) is 11.3 Å². The van der Waals surface area contributed by atoms with Crippen LogP contribution in [0.1, 0.15) is 44.3 Å². The zero-order chi connectivity index (χ0) is 16.7. The smallest absolute Gasteiger partial charge is 0.315 e. The molecule has 0 saturated heterocycles. The third-order valence-corrected chi connectivity index (χ3v) is 4.45. The Kier molecular flexibility index (Phi) is 6.43. The highest BCUT2D eigenvalue weighted by Gasteiger charge is 2.26. The maximum Gasteiger partial charge on any atom is 0.315 e. The maximum absolute atomic E-state index is 11.8. The van der Waals surface area contributed by atoms with E-state index in [1.807, 2.05) is 13.1 Å². The Balaban J connectivity index is 1.54. The highest BCUT2D eigenvalue weighted by molar-refractivity contribution is 5.74. The highest BCUT2D eigenvalue weighted by atomic mass is 16.4. The summed E-state index contributed by atoms with van der Waals surface area (Å²) in [5.74, 6) is 0.0384. The van der Waals surface area contributed by atoms with E-state index in [0.29, 0.717) is 19.4 Å². The van der Waals surface area contributed by atoms with Gasteiger partial charge in [0.05, 0.1) is 5.92 Å². The van der Waals surface area contributed by atoms with Crippen LogP contribution in [0, 0.1) is 12.8 Å². The lowest BCUT2D eigenvalue weighted by Gasteiger charge is -2.26. The Morgan fingerprint density at radius 2 is 2.04 bits per heavy atom. The molecule has 0 spiro atoms. The van der Waals surface area contributed by atoms with Crippen LogP contribution in [-0.4, -0.2) is 39.2 Å². The third kappa shape index (κ3) is 5.58. The first kappa shape index (κ1) is 17.3. The monoisotopic (exact) mass is 322 g/mol. The van der Waals surface area contributed by atoms with Crippen molar-refractivity contribution in [2.75, 3.05) is 6.54 Å². The van der Waals surface area contributed by atoms with Crippen molar-refractivity contribution in [2.45, 2.75) is 58.0 Å². The fourth-order valence-corrected chi connectivity index (χ4v) is 2.97. The number of hydrogen-bond acceptors (Lipinski definition) is 3. The first-order valence-corrected chi connectivity index (χ1v) is 8.31. The number of urea groups is 1. The average Bonchev–Trinajstić information content (AvgIpc) is 2.93. The molecule has 128 valence electrons. The molecule has 1 aromatic rings. The summed E-state index contributed by atoms with van der Waals surface area (Å²) in [5, 5.41) is 14.8. The van der Waals surface area contributed by atoms with Crippen LogP contribution in [0.2, 0.25) is 0 Å². The Bertz CT molecular complexity index is 521. The van der Waals surface area contributed by atoms with Gasteiger partial charge < -0.3 is 20.3 Å². The zero-order valence-corrected chi connectivity index (χ0v) is 13.6. The normalized spacial score (nSPS) is 20.9. The minimum absolute atomic E-state index is 0.0965. The number of unbranched alkanes of at least 4 members (excludes halogenated alkanes) is 1. The Hall–Kier alpha value is -2.05. The van der Waals surface area contributed by atoms with Crippen LogP contribution in [0.15, 0.2) is 12.4 Å². The molecule has 7 heteroatoms. The molecule has 7 nitrogen and oxygen atoms in total. The lowest BCUT2D eigenvalue weighted by molar-refractivity contribution is -0.142. The third-order valence-electron chi connectivity index (χ3n) is 4.45. The number of nitrogens with zero attached hydrogens (tertiary/aromatic N) is 2. The van der Waals surface area contributed by atoms with E-state index in [-0.39, 0.29) is 18.0 Å². The molecule has 1 aliphatic rings. The molecule has 1 saturated carbocycles. The van der Waals surface area contributed by atoms with Gasteiger partial charge in [-0.25, -0.2) is 9.78 Å². The van der Waals surface area contributed by atoms with Gasteiger partial charge in [0.1, 0.15) is 5.82 Å². The van der Waals surface area contributed by atoms with Crippen LogP contribution >= 0.6 is 0 Å². The molecule has 3 N–H and O–H groups in total. The number of aromatic nitrogens is 2. The van der Waals surface area contributed by atoms with Gasteiger partial charge in [-0.2, -0.15) is 0 Å².